The molecule has 0 amide bonds. The molecule has 0 saturated carbocycles. The molecule has 23 heavy (non-hydrogen) atoms. The maximum Gasteiger partial charge on any atom is 0.169 e. The van der Waals surface area contributed by atoms with Gasteiger partial charge in [-0.15, -0.1) is 0 Å². The second-order valence-electron chi connectivity index (χ2n) is 5.69. The van der Waals surface area contributed by atoms with Crippen molar-refractivity contribution in [2.45, 2.75) is 38.8 Å². The predicted molar refractivity (Wildman–Crippen MR) is 89.2 cm³/mol. The van der Waals surface area contributed by atoms with E-state index in [1.54, 1.807) is 6.92 Å². The van der Waals surface area contributed by atoms with Crippen LogP contribution in [0, 0.1) is 0 Å². The number of nitrogens with one attached hydrogen (secondary N) is 1. The fourth-order valence-electron chi connectivity index (χ4n) is 3.21. The highest BCUT2D eigenvalue weighted by atomic mass is 35.5. The molecule has 0 spiro atoms. The number of fused-ring (bicyclic) bond motifs is 1. The van der Waals surface area contributed by atoms with Crippen molar-refractivity contribution in [1.82, 2.24) is 4.90 Å². The summed E-state index contributed by atoms with van der Waals surface area (Å²) in [6.45, 7) is 6.97. The van der Waals surface area contributed by atoms with Gasteiger partial charge in [0.05, 0.1) is 22.1 Å². The van der Waals surface area contributed by atoms with Crippen LogP contribution in [0.1, 0.15) is 37.6 Å². The number of rotatable bonds is 5. The third kappa shape index (κ3) is 3.05. The van der Waals surface area contributed by atoms with Gasteiger partial charge in [0.1, 0.15) is 0 Å². The zero-order valence-electron chi connectivity index (χ0n) is 13.3. The van der Waals surface area contributed by atoms with E-state index in [1.165, 1.54) is 12.1 Å². The van der Waals surface area contributed by atoms with Gasteiger partial charge in [-0.1, -0.05) is 37.0 Å². The van der Waals surface area contributed by atoms with E-state index in [0.29, 0.717) is 23.8 Å². The third-order valence-electron chi connectivity index (χ3n) is 4.57. The smallest absolute Gasteiger partial charge is 0.169 e. The van der Waals surface area contributed by atoms with E-state index in [4.69, 9.17) is 23.2 Å². The second-order valence-corrected chi connectivity index (χ2v) is 6.53. The first kappa shape index (κ1) is 18.0. The molecule has 1 aliphatic heterocycles. The Morgan fingerprint density at radius 2 is 2.00 bits per heavy atom. The standard InChI is InChI=1S/C16H20Cl2N2O3/c1-4-20(5-2)9(3)16(15(22)23)8-13(21)14-11(18)6-10(17)7-12(14)19-16/h6-7,9,19H,4-5,8H2,1-3H3,(H,22,23)/p-1. The Kier molecular flexibility index (Phi) is 5.23. The van der Waals surface area contributed by atoms with Crippen LogP contribution in [0.3, 0.4) is 0 Å². The number of nitrogens with zero attached hydrogens (tertiary/aromatic N) is 1. The van der Waals surface area contributed by atoms with Gasteiger partial charge in [-0.3, -0.25) is 9.69 Å². The Morgan fingerprint density at radius 1 is 1.39 bits per heavy atom. The Bertz CT molecular complexity index is 646. The summed E-state index contributed by atoms with van der Waals surface area (Å²) in [6, 6.07) is 2.55. The lowest BCUT2D eigenvalue weighted by Crippen LogP contribution is -2.67. The van der Waals surface area contributed by atoms with Crippen LogP contribution in [0.4, 0.5) is 5.69 Å². The maximum absolute atomic E-state index is 12.6. The van der Waals surface area contributed by atoms with Gasteiger partial charge in [-0.2, -0.15) is 0 Å². The molecule has 126 valence electrons. The molecule has 7 heteroatoms. The molecule has 2 atom stereocenters. The third-order valence-corrected chi connectivity index (χ3v) is 5.08. The summed E-state index contributed by atoms with van der Waals surface area (Å²) in [5.74, 6) is -1.64. The Balaban J connectivity index is 2.56. The molecular weight excluding hydrogens is 339 g/mol. The lowest BCUT2D eigenvalue weighted by molar-refractivity contribution is -0.313. The molecule has 0 fully saturated rings. The molecule has 1 aliphatic rings. The topological polar surface area (TPSA) is 72.5 Å². The van der Waals surface area contributed by atoms with Gasteiger partial charge in [-0.05, 0) is 32.1 Å². The van der Waals surface area contributed by atoms with Gasteiger partial charge in [0.2, 0.25) is 0 Å². The number of carboxylic acid groups (broad SMARTS) is 1. The van der Waals surface area contributed by atoms with E-state index in [9.17, 15) is 14.7 Å². The van der Waals surface area contributed by atoms with Gasteiger partial charge in [-0.25, -0.2) is 0 Å². The normalized spacial score (nSPS) is 21.7. The molecule has 0 bridgehead atoms. The van der Waals surface area contributed by atoms with Crippen molar-refractivity contribution in [3.05, 3.63) is 27.7 Å². The Hall–Kier alpha value is -1.30. The highest BCUT2D eigenvalue weighted by Crippen LogP contribution is 2.39. The predicted octanol–water partition coefficient (Wildman–Crippen LogP) is 2.21. The largest absolute Gasteiger partial charge is 0.547 e. The van der Waals surface area contributed by atoms with Crippen molar-refractivity contribution < 1.29 is 14.7 Å². The number of carboxylic acids is 1. The average molecular weight is 358 g/mol. The van der Waals surface area contributed by atoms with Crippen molar-refractivity contribution in [2.75, 3.05) is 18.4 Å². The van der Waals surface area contributed by atoms with E-state index in [-0.39, 0.29) is 22.8 Å². The van der Waals surface area contributed by atoms with Crippen molar-refractivity contribution in [3.63, 3.8) is 0 Å². The number of aliphatic carboxylic acids is 1. The minimum Gasteiger partial charge on any atom is -0.547 e. The quantitative estimate of drug-likeness (QED) is 0.874. The summed E-state index contributed by atoms with van der Waals surface area (Å²) >= 11 is 12.1. The monoisotopic (exact) mass is 357 g/mol. The molecular formula is C16H19Cl2N2O3-. The Labute approximate surface area is 145 Å². The van der Waals surface area contributed by atoms with E-state index in [2.05, 4.69) is 5.32 Å². The number of benzene rings is 1. The number of hydrogen-bond acceptors (Lipinski definition) is 5. The van der Waals surface area contributed by atoms with Crippen LogP contribution in [0.25, 0.3) is 0 Å². The number of halogens is 2. The second kappa shape index (κ2) is 6.67. The van der Waals surface area contributed by atoms with Crippen LogP contribution in [0.15, 0.2) is 12.1 Å². The number of carbonyl (C=O) groups excluding carboxylic acids is 2. The molecule has 0 aliphatic carbocycles. The van der Waals surface area contributed by atoms with Gasteiger partial charge in [0, 0.05) is 23.2 Å². The van der Waals surface area contributed by atoms with Gasteiger partial charge in [0.15, 0.2) is 5.78 Å². The summed E-state index contributed by atoms with van der Waals surface area (Å²) in [6.07, 6.45) is -0.221. The highest BCUT2D eigenvalue weighted by molar-refractivity contribution is 6.38. The van der Waals surface area contributed by atoms with Crippen LogP contribution in [-0.4, -0.2) is 41.3 Å². The first-order valence-electron chi connectivity index (χ1n) is 7.52. The summed E-state index contributed by atoms with van der Waals surface area (Å²) in [7, 11) is 0. The fraction of sp³-hybridized carbons (Fsp3) is 0.500. The van der Waals surface area contributed by atoms with Crippen molar-refractivity contribution >= 4 is 40.6 Å². The number of Topliss-reactive ketones (excluding diaryl/α,β-unsaturated/α-hetero) is 1. The number of anilines is 1. The summed E-state index contributed by atoms with van der Waals surface area (Å²) in [5, 5.41) is 15.5. The molecule has 0 saturated heterocycles. The summed E-state index contributed by atoms with van der Waals surface area (Å²) < 4.78 is 0. The van der Waals surface area contributed by atoms with Crippen LogP contribution in [0.2, 0.25) is 10.0 Å². The van der Waals surface area contributed by atoms with Gasteiger partial charge < -0.3 is 15.2 Å². The van der Waals surface area contributed by atoms with Crippen LogP contribution >= 0.6 is 23.2 Å². The zero-order chi connectivity index (χ0) is 17.4. The number of carbonyl (C=O) groups is 2. The Morgan fingerprint density at radius 3 is 2.52 bits per heavy atom. The van der Waals surface area contributed by atoms with E-state index in [0.717, 1.165) is 0 Å². The summed E-state index contributed by atoms with van der Waals surface area (Å²) in [5.41, 5.74) is -0.911. The molecule has 1 N–H and O–H groups in total. The SMILES string of the molecule is CCN(CC)C(C)C1(C(=O)[O-])CC(=O)c2c(Cl)cc(Cl)cc2N1. The van der Waals surface area contributed by atoms with Crippen molar-refractivity contribution in [2.24, 2.45) is 0 Å². The van der Waals surface area contributed by atoms with E-state index < -0.39 is 17.6 Å². The van der Waals surface area contributed by atoms with Crippen molar-refractivity contribution in [3.8, 4) is 0 Å². The van der Waals surface area contributed by atoms with E-state index in [1.807, 2.05) is 18.7 Å². The zero-order valence-corrected chi connectivity index (χ0v) is 14.8. The van der Waals surface area contributed by atoms with Crippen molar-refractivity contribution in [1.29, 1.82) is 0 Å². The number of ketones is 1. The van der Waals surface area contributed by atoms with Gasteiger partial charge >= 0.3 is 0 Å². The van der Waals surface area contributed by atoms with Crippen LogP contribution in [0.5, 0.6) is 0 Å². The van der Waals surface area contributed by atoms with Crippen LogP contribution in [-0.2, 0) is 4.79 Å². The molecule has 2 rings (SSSR count). The minimum atomic E-state index is -1.52. The lowest BCUT2D eigenvalue weighted by Gasteiger charge is -2.48. The molecule has 1 aromatic carbocycles. The molecule has 0 aromatic heterocycles. The molecule has 1 heterocycles. The molecule has 0 radical (unpaired) electrons. The van der Waals surface area contributed by atoms with Gasteiger partial charge in [0.25, 0.3) is 0 Å². The molecule has 2 unspecified atom stereocenters. The van der Waals surface area contributed by atoms with Crippen LogP contribution < -0.4 is 10.4 Å². The summed E-state index contributed by atoms with van der Waals surface area (Å²) in [4.78, 5) is 26.5. The van der Waals surface area contributed by atoms with E-state index >= 15 is 0 Å². The minimum absolute atomic E-state index is 0.215. The number of hydrogen-bond donors (Lipinski definition) is 1. The maximum atomic E-state index is 12.6. The lowest BCUT2D eigenvalue weighted by atomic mass is 9.79. The fourth-order valence-corrected chi connectivity index (χ4v) is 3.81. The number of likely N-dealkylation sites (N-methyl/N-ethyl adjacent to an activating group) is 1. The molecule has 1 aromatic rings. The highest BCUT2D eigenvalue weighted by Gasteiger charge is 2.46. The first-order chi connectivity index (χ1) is 10.8. The first-order valence-corrected chi connectivity index (χ1v) is 8.28. The average Bonchev–Trinajstić information content (AvgIpc) is 2.46. The molecule has 5 nitrogen and oxygen atoms in total.